The lowest BCUT2D eigenvalue weighted by atomic mass is 10.1. The zero-order valence-electron chi connectivity index (χ0n) is 18.1. The molecular weight excluding hydrogens is 430 g/mol. The summed E-state index contributed by atoms with van der Waals surface area (Å²) in [5, 5.41) is 4.48. The summed E-state index contributed by atoms with van der Waals surface area (Å²) in [6.07, 6.45) is 0.702. The monoisotopic (exact) mass is 455 g/mol. The van der Waals surface area contributed by atoms with E-state index in [0.717, 1.165) is 16.8 Å². The number of rotatable bonds is 9. The third kappa shape index (κ3) is 5.05. The van der Waals surface area contributed by atoms with Gasteiger partial charge in [0.05, 0.1) is 23.2 Å². The second kappa shape index (κ2) is 9.78. The first kappa shape index (κ1) is 23.2. The Morgan fingerprint density at radius 3 is 2.41 bits per heavy atom. The van der Waals surface area contributed by atoms with Gasteiger partial charge in [-0.05, 0) is 37.1 Å². The van der Waals surface area contributed by atoms with Crippen molar-refractivity contribution in [2.45, 2.75) is 24.8 Å². The van der Waals surface area contributed by atoms with Crippen LogP contribution in [-0.4, -0.2) is 42.9 Å². The number of benzene rings is 2. The molecule has 0 bridgehead atoms. The van der Waals surface area contributed by atoms with Crippen LogP contribution in [0.3, 0.4) is 0 Å². The Morgan fingerprint density at radius 2 is 1.81 bits per heavy atom. The first-order valence-corrected chi connectivity index (χ1v) is 11.7. The molecule has 0 aliphatic rings. The molecule has 0 N–H and O–H groups in total. The summed E-state index contributed by atoms with van der Waals surface area (Å²) in [5.41, 5.74) is 2.56. The minimum absolute atomic E-state index is 0.0170. The third-order valence-electron chi connectivity index (χ3n) is 5.07. The van der Waals surface area contributed by atoms with Crippen LogP contribution in [0.25, 0.3) is 11.3 Å². The second-order valence-corrected chi connectivity index (χ2v) is 9.19. The Balaban J connectivity index is 1.83. The maximum absolute atomic E-state index is 12.4. The maximum Gasteiger partial charge on any atom is 0.321 e. The highest BCUT2D eigenvalue weighted by atomic mass is 32.2. The first-order valence-electron chi connectivity index (χ1n) is 10.1. The zero-order chi connectivity index (χ0) is 23.3. The number of nitrogens with zero attached hydrogens (tertiary/aromatic N) is 3. The highest BCUT2D eigenvalue weighted by Gasteiger charge is 2.23. The first-order chi connectivity index (χ1) is 15.3. The van der Waals surface area contributed by atoms with Gasteiger partial charge in [0.15, 0.2) is 21.4 Å². The number of aromatic nitrogens is 2. The lowest BCUT2D eigenvalue weighted by molar-refractivity contribution is -0.139. The number of hydrogen-bond acceptors (Lipinski definition) is 6. The highest BCUT2D eigenvalue weighted by Crippen LogP contribution is 2.29. The van der Waals surface area contributed by atoms with Gasteiger partial charge in [0.2, 0.25) is 6.41 Å². The van der Waals surface area contributed by atoms with Gasteiger partial charge in [-0.15, -0.1) is 0 Å². The molecule has 32 heavy (non-hydrogen) atoms. The molecule has 1 heterocycles. The molecule has 0 saturated carbocycles. The predicted octanol–water partition coefficient (Wildman–Crippen LogP) is 3.15. The van der Waals surface area contributed by atoms with E-state index in [1.165, 1.54) is 17.0 Å². The molecule has 3 aromatic rings. The van der Waals surface area contributed by atoms with Crippen LogP contribution in [0.15, 0.2) is 65.6 Å². The molecule has 0 radical (unpaired) electrons. The molecular formula is C23H25N3O5S. The SMILES string of the molecule is CCOC(=O)CS(=O)(=O)c1ccc([C@@H](C)N(C=O)c2cc(-c3ccccc3)n(C)n2)cc1. The topological polar surface area (TPSA) is 98.6 Å². The van der Waals surface area contributed by atoms with E-state index in [4.69, 9.17) is 4.74 Å². The molecule has 8 nitrogen and oxygen atoms in total. The zero-order valence-corrected chi connectivity index (χ0v) is 19.0. The fourth-order valence-electron chi connectivity index (χ4n) is 3.36. The molecule has 1 amide bonds. The average Bonchev–Trinajstić information content (AvgIpc) is 3.16. The molecule has 168 valence electrons. The summed E-state index contributed by atoms with van der Waals surface area (Å²) < 4.78 is 31.2. The van der Waals surface area contributed by atoms with Crippen molar-refractivity contribution >= 4 is 28.0 Å². The molecule has 0 aliphatic carbocycles. The summed E-state index contributed by atoms with van der Waals surface area (Å²) >= 11 is 0. The highest BCUT2D eigenvalue weighted by molar-refractivity contribution is 7.92. The van der Waals surface area contributed by atoms with Gasteiger partial charge >= 0.3 is 5.97 Å². The number of sulfone groups is 1. The quantitative estimate of drug-likeness (QED) is 0.363. The van der Waals surface area contributed by atoms with E-state index in [0.29, 0.717) is 12.2 Å². The van der Waals surface area contributed by atoms with Crippen LogP contribution in [-0.2, 0) is 31.2 Å². The third-order valence-corrected chi connectivity index (χ3v) is 6.67. The number of ether oxygens (including phenoxy) is 1. The van der Waals surface area contributed by atoms with Crippen molar-refractivity contribution in [3.05, 3.63) is 66.2 Å². The number of hydrogen-bond donors (Lipinski definition) is 0. The van der Waals surface area contributed by atoms with Crippen molar-refractivity contribution in [3.63, 3.8) is 0 Å². The molecule has 1 atom stereocenters. The van der Waals surface area contributed by atoms with Gasteiger partial charge < -0.3 is 4.74 Å². The number of aryl methyl sites for hydroxylation is 1. The Hall–Kier alpha value is -3.46. The summed E-state index contributed by atoms with van der Waals surface area (Å²) in [5.74, 6) is -1.03. The van der Waals surface area contributed by atoms with Crippen molar-refractivity contribution in [3.8, 4) is 11.3 Å². The van der Waals surface area contributed by atoms with Crippen molar-refractivity contribution in [2.75, 3.05) is 17.3 Å². The van der Waals surface area contributed by atoms with Crippen molar-refractivity contribution < 1.29 is 22.7 Å². The number of amides is 1. The van der Waals surface area contributed by atoms with E-state index in [2.05, 4.69) is 5.10 Å². The standard InChI is InChI=1S/C23H25N3O5S/c1-4-31-23(28)15-32(29,30)20-12-10-18(11-13-20)17(2)26(16-27)22-14-21(25(3)24-22)19-8-6-5-7-9-19/h5-14,16-17H,4,15H2,1-3H3/t17-/m1/s1. The summed E-state index contributed by atoms with van der Waals surface area (Å²) in [6, 6.07) is 17.3. The van der Waals surface area contributed by atoms with E-state index in [1.807, 2.05) is 50.4 Å². The normalized spacial score (nSPS) is 12.2. The van der Waals surface area contributed by atoms with E-state index < -0.39 is 27.6 Å². The Morgan fingerprint density at radius 1 is 1.16 bits per heavy atom. The number of esters is 1. The molecule has 0 saturated heterocycles. The maximum atomic E-state index is 12.4. The fourth-order valence-corrected chi connectivity index (χ4v) is 4.47. The Kier molecular flexibility index (Phi) is 7.09. The predicted molar refractivity (Wildman–Crippen MR) is 121 cm³/mol. The summed E-state index contributed by atoms with van der Waals surface area (Å²) in [6.45, 7) is 3.56. The summed E-state index contributed by atoms with van der Waals surface area (Å²) in [4.78, 5) is 25.0. The van der Waals surface area contributed by atoms with Crippen LogP contribution in [0.2, 0.25) is 0 Å². The molecule has 2 aromatic carbocycles. The van der Waals surface area contributed by atoms with Crippen LogP contribution >= 0.6 is 0 Å². The number of anilines is 1. The minimum atomic E-state index is -3.81. The molecule has 0 spiro atoms. The molecule has 0 aliphatic heterocycles. The van der Waals surface area contributed by atoms with Crippen LogP contribution in [0, 0.1) is 0 Å². The van der Waals surface area contributed by atoms with E-state index in [1.54, 1.807) is 23.7 Å². The van der Waals surface area contributed by atoms with E-state index >= 15 is 0 Å². The van der Waals surface area contributed by atoms with Gasteiger partial charge in [-0.1, -0.05) is 42.5 Å². The van der Waals surface area contributed by atoms with Crippen LogP contribution < -0.4 is 4.90 Å². The fraction of sp³-hybridized carbons (Fsp3) is 0.261. The smallest absolute Gasteiger partial charge is 0.321 e. The second-order valence-electron chi connectivity index (χ2n) is 7.20. The number of carbonyl (C=O) groups excluding carboxylic acids is 2. The number of carbonyl (C=O) groups is 2. The lowest BCUT2D eigenvalue weighted by Gasteiger charge is -2.23. The van der Waals surface area contributed by atoms with Gasteiger partial charge in [-0.25, -0.2) is 8.42 Å². The van der Waals surface area contributed by atoms with Gasteiger partial charge in [0.25, 0.3) is 0 Å². The minimum Gasteiger partial charge on any atom is -0.465 e. The van der Waals surface area contributed by atoms with Gasteiger partial charge in [-0.3, -0.25) is 19.2 Å². The molecule has 1 aromatic heterocycles. The van der Waals surface area contributed by atoms with Crippen molar-refractivity contribution in [1.82, 2.24) is 9.78 Å². The molecule has 0 unspecified atom stereocenters. The largest absolute Gasteiger partial charge is 0.465 e. The van der Waals surface area contributed by atoms with Crippen LogP contribution in [0.4, 0.5) is 5.82 Å². The van der Waals surface area contributed by atoms with Gasteiger partial charge in [0.1, 0.15) is 0 Å². The molecule has 3 rings (SSSR count). The molecule has 9 heteroatoms. The van der Waals surface area contributed by atoms with Gasteiger partial charge in [-0.2, -0.15) is 5.10 Å². The molecule has 0 fully saturated rings. The van der Waals surface area contributed by atoms with Gasteiger partial charge in [0, 0.05) is 13.1 Å². The van der Waals surface area contributed by atoms with Crippen LogP contribution in [0.1, 0.15) is 25.5 Å². The van der Waals surface area contributed by atoms with E-state index in [-0.39, 0.29) is 11.5 Å². The Labute approximate surface area is 187 Å². The summed E-state index contributed by atoms with van der Waals surface area (Å²) in [7, 11) is -2.00. The lowest BCUT2D eigenvalue weighted by Crippen LogP contribution is -2.25. The van der Waals surface area contributed by atoms with Crippen molar-refractivity contribution in [1.29, 1.82) is 0 Å². The van der Waals surface area contributed by atoms with Crippen molar-refractivity contribution in [2.24, 2.45) is 7.05 Å². The average molecular weight is 456 g/mol. The van der Waals surface area contributed by atoms with E-state index in [9.17, 15) is 18.0 Å². The Bertz CT molecular complexity index is 1190. The van der Waals surface area contributed by atoms with Crippen LogP contribution in [0.5, 0.6) is 0 Å².